The molecule has 0 aromatic carbocycles. The predicted molar refractivity (Wildman–Crippen MR) is 91.4 cm³/mol. The van der Waals surface area contributed by atoms with E-state index in [2.05, 4.69) is 24.5 Å². The van der Waals surface area contributed by atoms with Crippen LogP contribution in [0.15, 0.2) is 4.99 Å². The number of guanidine groups is 1. The molecular weight excluding hydrogens is 286 g/mol. The molecule has 1 saturated heterocycles. The van der Waals surface area contributed by atoms with E-state index in [9.17, 15) is 0 Å². The van der Waals surface area contributed by atoms with Gasteiger partial charge in [0.15, 0.2) is 5.96 Å². The molecule has 0 amide bonds. The summed E-state index contributed by atoms with van der Waals surface area (Å²) in [5, 5.41) is 6.69. The van der Waals surface area contributed by atoms with Crippen LogP contribution in [0.5, 0.6) is 0 Å². The number of thioether (sulfide) groups is 1. The van der Waals surface area contributed by atoms with Crippen LogP contribution < -0.4 is 10.6 Å². The summed E-state index contributed by atoms with van der Waals surface area (Å²) in [7, 11) is 1.73. The first-order valence-electron chi connectivity index (χ1n) is 7.99. The van der Waals surface area contributed by atoms with Crippen molar-refractivity contribution in [1.29, 1.82) is 0 Å². The van der Waals surface area contributed by atoms with E-state index >= 15 is 0 Å². The Balaban J connectivity index is 2.52. The summed E-state index contributed by atoms with van der Waals surface area (Å²) in [5.74, 6) is 2.05. The van der Waals surface area contributed by atoms with Crippen LogP contribution in [0.25, 0.3) is 0 Å². The van der Waals surface area contributed by atoms with Crippen LogP contribution >= 0.6 is 11.8 Å². The molecule has 0 radical (unpaired) electrons. The SMILES string of the molecule is CCNC(=NCC1(SCC)CCOCC1)NCCCOC. The summed E-state index contributed by atoms with van der Waals surface area (Å²) in [5.41, 5.74) is 0. The zero-order valence-electron chi connectivity index (χ0n) is 13.7. The lowest BCUT2D eigenvalue weighted by Crippen LogP contribution is -2.41. The second-order valence-electron chi connectivity index (χ2n) is 5.20. The van der Waals surface area contributed by atoms with Crippen molar-refractivity contribution in [3.8, 4) is 0 Å². The van der Waals surface area contributed by atoms with E-state index in [0.717, 1.165) is 70.4 Å². The maximum atomic E-state index is 5.51. The van der Waals surface area contributed by atoms with Gasteiger partial charge in [-0.25, -0.2) is 0 Å². The van der Waals surface area contributed by atoms with Crippen LogP contribution in [-0.2, 0) is 9.47 Å². The van der Waals surface area contributed by atoms with E-state index in [1.54, 1.807) is 7.11 Å². The first kappa shape index (κ1) is 18.6. The van der Waals surface area contributed by atoms with E-state index in [-0.39, 0.29) is 4.75 Å². The van der Waals surface area contributed by atoms with Gasteiger partial charge in [0.25, 0.3) is 0 Å². The van der Waals surface area contributed by atoms with Crippen LogP contribution in [0.3, 0.4) is 0 Å². The van der Waals surface area contributed by atoms with Crippen molar-refractivity contribution < 1.29 is 9.47 Å². The van der Waals surface area contributed by atoms with Crippen molar-refractivity contribution in [2.24, 2.45) is 4.99 Å². The normalized spacial score (nSPS) is 18.5. The maximum absolute atomic E-state index is 5.51. The molecule has 0 aromatic rings. The molecule has 6 heteroatoms. The maximum Gasteiger partial charge on any atom is 0.191 e. The lowest BCUT2D eigenvalue weighted by molar-refractivity contribution is 0.0793. The summed E-state index contributed by atoms with van der Waals surface area (Å²) in [6.07, 6.45) is 3.18. The first-order valence-corrected chi connectivity index (χ1v) is 8.97. The predicted octanol–water partition coefficient (Wildman–Crippen LogP) is 1.88. The summed E-state index contributed by atoms with van der Waals surface area (Å²) in [6, 6.07) is 0. The molecule has 21 heavy (non-hydrogen) atoms. The Morgan fingerprint density at radius 1 is 1.29 bits per heavy atom. The lowest BCUT2D eigenvalue weighted by Gasteiger charge is -2.35. The van der Waals surface area contributed by atoms with Crippen LogP contribution in [0.1, 0.15) is 33.1 Å². The van der Waals surface area contributed by atoms with Crippen molar-refractivity contribution in [2.45, 2.75) is 37.9 Å². The largest absolute Gasteiger partial charge is 0.385 e. The van der Waals surface area contributed by atoms with E-state index in [4.69, 9.17) is 14.5 Å². The topological polar surface area (TPSA) is 54.9 Å². The van der Waals surface area contributed by atoms with Gasteiger partial charge in [0.1, 0.15) is 0 Å². The number of hydrogen-bond donors (Lipinski definition) is 2. The molecule has 5 nitrogen and oxygen atoms in total. The van der Waals surface area contributed by atoms with Gasteiger partial charge in [-0.1, -0.05) is 6.92 Å². The highest BCUT2D eigenvalue weighted by atomic mass is 32.2. The van der Waals surface area contributed by atoms with E-state index in [0.29, 0.717) is 0 Å². The van der Waals surface area contributed by atoms with Gasteiger partial charge in [-0.15, -0.1) is 0 Å². The number of ether oxygens (including phenoxy) is 2. The molecular formula is C15H31N3O2S. The third-order valence-electron chi connectivity index (χ3n) is 3.54. The third-order valence-corrected chi connectivity index (χ3v) is 4.98. The molecule has 2 N–H and O–H groups in total. The first-order chi connectivity index (χ1) is 10.3. The fourth-order valence-corrected chi connectivity index (χ4v) is 3.61. The molecule has 0 atom stereocenters. The highest BCUT2D eigenvalue weighted by Gasteiger charge is 2.32. The van der Waals surface area contributed by atoms with Crippen LogP contribution in [-0.4, -0.2) is 63.0 Å². The fraction of sp³-hybridized carbons (Fsp3) is 0.933. The van der Waals surface area contributed by atoms with Gasteiger partial charge in [-0.3, -0.25) is 4.99 Å². The average Bonchev–Trinajstić information content (AvgIpc) is 2.50. The Morgan fingerprint density at radius 2 is 2.05 bits per heavy atom. The van der Waals surface area contributed by atoms with Crippen molar-refractivity contribution in [3.05, 3.63) is 0 Å². The van der Waals surface area contributed by atoms with Crippen LogP contribution in [0.4, 0.5) is 0 Å². The van der Waals surface area contributed by atoms with E-state index in [1.165, 1.54) is 0 Å². The van der Waals surface area contributed by atoms with Gasteiger partial charge in [0.2, 0.25) is 0 Å². The number of nitrogens with zero attached hydrogens (tertiary/aromatic N) is 1. The number of nitrogens with one attached hydrogen (secondary N) is 2. The van der Waals surface area contributed by atoms with Crippen LogP contribution in [0.2, 0.25) is 0 Å². The van der Waals surface area contributed by atoms with Gasteiger partial charge in [-0.2, -0.15) is 11.8 Å². The second-order valence-corrected chi connectivity index (χ2v) is 6.93. The number of aliphatic imine (C=N–C) groups is 1. The van der Waals surface area contributed by atoms with Gasteiger partial charge in [0.05, 0.1) is 6.54 Å². The highest BCUT2D eigenvalue weighted by Crippen LogP contribution is 2.35. The monoisotopic (exact) mass is 317 g/mol. The Morgan fingerprint density at radius 3 is 2.67 bits per heavy atom. The molecule has 1 aliphatic rings. The van der Waals surface area contributed by atoms with Crippen LogP contribution in [0, 0.1) is 0 Å². The Hall–Kier alpha value is -0.460. The minimum Gasteiger partial charge on any atom is -0.385 e. The summed E-state index contributed by atoms with van der Waals surface area (Å²) in [6.45, 7) is 9.44. The minimum atomic E-state index is 0.252. The van der Waals surface area contributed by atoms with Gasteiger partial charge >= 0.3 is 0 Å². The molecule has 0 aromatic heterocycles. The van der Waals surface area contributed by atoms with Gasteiger partial charge < -0.3 is 20.1 Å². The van der Waals surface area contributed by atoms with Crippen molar-refractivity contribution in [1.82, 2.24) is 10.6 Å². The molecule has 1 heterocycles. The van der Waals surface area contributed by atoms with Crippen molar-refractivity contribution >= 4 is 17.7 Å². The molecule has 1 fully saturated rings. The number of rotatable bonds is 9. The average molecular weight is 317 g/mol. The highest BCUT2D eigenvalue weighted by molar-refractivity contribution is 8.00. The molecule has 1 rings (SSSR count). The molecule has 0 unspecified atom stereocenters. The molecule has 0 bridgehead atoms. The number of hydrogen-bond acceptors (Lipinski definition) is 4. The van der Waals surface area contributed by atoms with E-state index in [1.807, 2.05) is 11.8 Å². The van der Waals surface area contributed by atoms with Gasteiger partial charge in [0, 0.05) is 44.8 Å². The quantitative estimate of drug-likeness (QED) is 0.386. The Kier molecular flexibility index (Phi) is 9.87. The third kappa shape index (κ3) is 7.38. The molecule has 0 spiro atoms. The minimum absolute atomic E-state index is 0.252. The summed E-state index contributed by atoms with van der Waals surface area (Å²) in [4.78, 5) is 4.80. The zero-order chi connectivity index (χ0) is 15.4. The van der Waals surface area contributed by atoms with E-state index < -0.39 is 0 Å². The molecule has 1 aliphatic heterocycles. The standard InChI is InChI=1S/C15H31N3O2S/c1-4-16-14(17-9-6-10-19-3)18-13-15(21-5-2)7-11-20-12-8-15/h4-13H2,1-3H3,(H2,16,17,18). The molecule has 0 aliphatic carbocycles. The number of methoxy groups -OCH3 is 1. The molecule has 0 saturated carbocycles. The Labute approximate surface area is 133 Å². The Bertz CT molecular complexity index is 289. The van der Waals surface area contributed by atoms with Crippen molar-refractivity contribution in [3.63, 3.8) is 0 Å². The summed E-state index contributed by atoms with van der Waals surface area (Å²) >= 11 is 2.03. The second kappa shape index (κ2) is 11.2. The smallest absolute Gasteiger partial charge is 0.191 e. The fourth-order valence-electron chi connectivity index (χ4n) is 2.39. The summed E-state index contributed by atoms with van der Waals surface area (Å²) < 4.78 is 10.8. The molecule has 124 valence electrons. The lowest BCUT2D eigenvalue weighted by atomic mass is 9.99. The zero-order valence-corrected chi connectivity index (χ0v) is 14.6. The van der Waals surface area contributed by atoms with Gasteiger partial charge in [-0.05, 0) is 31.9 Å². The van der Waals surface area contributed by atoms with Crippen molar-refractivity contribution in [2.75, 3.05) is 52.3 Å².